The standard InChI is InChI=1S/C18H15F2N3O/c19-15-4-2-14(3-5-15)18(24)23-9-7-22(8-10-23)17-6-1-13(12-21)11-16(17)20/h1-6,11H,7-10H2. The summed E-state index contributed by atoms with van der Waals surface area (Å²) in [7, 11) is 0. The minimum absolute atomic E-state index is 0.157. The van der Waals surface area contributed by atoms with E-state index in [1.165, 1.54) is 30.3 Å². The van der Waals surface area contributed by atoms with E-state index in [0.29, 0.717) is 37.4 Å². The fourth-order valence-corrected chi connectivity index (χ4v) is 2.76. The van der Waals surface area contributed by atoms with E-state index >= 15 is 0 Å². The van der Waals surface area contributed by atoms with E-state index in [0.717, 1.165) is 0 Å². The molecule has 0 N–H and O–H groups in total. The molecular formula is C18H15F2N3O. The van der Waals surface area contributed by atoms with E-state index in [1.807, 2.05) is 11.0 Å². The predicted molar refractivity (Wildman–Crippen MR) is 85.6 cm³/mol. The topological polar surface area (TPSA) is 47.3 Å². The number of hydrogen-bond donors (Lipinski definition) is 0. The van der Waals surface area contributed by atoms with E-state index in [-0.39, 0.29) is 17.3 Å². The van der Waals surface area contributed by atoms with Gasteiger partial charge in [0.1, 0.15) is 11.6 Å². The van der Waals surface area contributed by atoms with Crippen molar-refractivity contribution < 1.29 is 13.6 Å². The molecule has 0 unspecified atom stereocenters. The van der Waals surface area contributed by atoms with Gasteiger partial charge < -0.3 is 9.80 Å². The number of carbonyl (C=O) groups is 1. The van der Waals surface area contributed by atoms with E-state index < -0.39 is 5.82 Å². The van der Waals surface area contributed by atoms with Crippen LogP contribution in [0.2, 0.25) is 0 Å². The Hall–Kier alpha value is -2.94. The summed E-state index contributed by atoms with van der Waals surface area (Å²) in [5.74, 6) is -0.977. The number of nitrogens with zero attached hydrogens (tertiary/aromatic N) is 3. The van der Waals surface area contributed by atoms with Crippen LogP contribution in [0.25, 0.3) is 0 Å². The molecular weight excluding hydrogens is 312 g/mol. The van der Waals surface area contributed by atoms with Crippen molar-refractivity contribution in [2.24, 2.45) is 0 Å². The molecule has 4 nitrogen and oxygen atoms in total. The zero-order valence-corrected chi connectivity index (χ0v) is 12.9. The van der Waals surface area contributed by atoms with Gasteiger partial charge in [0.05, 0.1) is 17.3 Å². The third-order valence-electron chi connectivity index (χ3n) is 4.08. The lowest BCUT2D eigenvalue weighted by Crippen LogP contribution is -2.49. The molecule has 24 heavy (non-hydrogen) atoms. The predicted octanol–water partition coefficient (Wildman–Crippen LogP) is 2.80. The molecule has 1 aliphatic heterocycles. The number of halogens is 2. The first kappa shape index (κ1) is 15.9. The maximum absolute atomic E-state index is 14.1. The Balaban J connectivity index is 1.66. The molecule has 2 aromatic carbocycles. The third-order valence-corrected chi connectivity index (χ3v) is 4.08. The van der Waals surface area contributed by atoms with Crippen LogP contribution in [-0.2, 0) is 0 Å². The highest BCUT2D eigenvalue weighted by atomic mass is 19.1. The van der Waals surface area contributed by atoms with Crippen molar-refractivity contribution in [3.8, 4) is 6.07 Å². The second kappa shape index (κ2) is 6.67. The van der Waals surface area contributed by atoms with Crippen molar-refractivity contribution in [2.75, 3.05) is 31.1 Å². The van der Waals surface area contributed by atoms with Crippen molar-refractivity contribution in [1.82, 2.24) is 4.90 Å². The molecule has 122 valence electrons. The minimum Gasteiger partial charge on any atom is -0.366 e. The molecule has 1 fully saturated rings. The lowest BCUT2D eigenvalue weighted by Gasteiger charge is -2.36. The highest BCUT2D eigenvalue weighted by molar-refractivity contribution is 5.94. The van der Waals surface area contributed by atoms with Crippen LogP contribution in [0.4, 0.5) is 14.5 Å². The van der Waals surface area contributed by atoms with Gasteiger partial charge in [-0.05, 0) is 42.5 Å². The zero-order valence-electron chi connectivity index (χ0n) is 12.9. The Morgan fingerprint density at radius 3 is 2.25 bits per heavy atom. The summed E-state index contributed by atoms with van der Waals surface area (Å²) in [5.41, 5.74) is 1.15. The van der Waals surface area contributed by atoms with Gasteiger partial charge in [-0.25, -0.2) is 8.78 Å². The van der Waals surface area contributed by atoms with Gasteiger partial charge in [-0.2, -0.15) is 5.26 Å². The number of nitriles is 1. The van der Waals surface area contributed by atoms with E-state index in [9.17, 15) is 13.6 Å². The lowest BCUT2D eigenvalue weighted by atomic mass is 10.1. The number of rotatable bonds is 2. The number of anilines is 1. The third kappa shape index (κ3) is 3.20. The first-order chi connectivity index (χ1) is 11.6. The summed E-state index contributed by atoms with van der Waals surface area (Å²) in [5, 5.41) is 8.79. The monoisotopic (exact) mass is 327 g/mol. The Kier molecular flexibility index (Phi) is 4.43. The van der Waals surface area contributed by atoms with Crippen LogP contribution in [0.5, 0.6) is 0 Å². The second-order valence-electron chi connectivity index (χ2n) is 5.56. The van der Waals surface area contributed by atoms with Crippen molar-refractivity contribution >= 4 is 11.6 Å². The van der Waals surface area contributed by atoms with Crippen molar-refractivity contribution in [3.05, 3.63) is 65.2 Å². The molecule has 6 heteroatoms. The van der Waals surface area contributed by atoms with Crippen LogP contribution < -0.4 is 4.90 Å². The Morgan fingerprint density at radius 2 is 1.67 bits per heavy atom. The van der Waals surface area contributed by atoms with Crippen LogP contribution in [0.15, 0.2) is 42.5 Å². The van der Waals surface area contributed by atoms with Crippen LogP contribution in [-0.4, -0.2) is 37.0 Å². The van der Waals surface area contributed by atoms with Crippen LogP contribution in [0.3, 0.4) is 0 Å². The minimum atomic E-state index is -0.438. The molecule has 1 heterocycles. The van der Waals surface area contributed by atoms with E-state index in [1.54, 1.807) is 17.0 Å². The Bertz CT molecular complexity index is 791. The number of amides is 1. The van der Waals surface area contributed by atoms with Gasteiger partial charge in [0.25, 0.3) is 5.91 Å². The number of benzene rings is 2. The first-order valence-electron chi connectivity index (χ1n) is 7.58. The summed E-state index contributed by atoms with van der Waals surface area (Å²) in [4.78, 5) is 15.9. The molecule has 0 radical (unpaired) electrons. The van der Waals surface area contributed by atoms with Crippen LogP contribution in [0, 0.1) is 23.0 Å². The average Bonchev–Trinajstić information content (AvgIpc) is 2.62. The highest BCUT2D eigenvalue weighted by Gasteiger charge is 2.23. The fourth-order valence-electron chi connectivity index (χ4n) is 2.76. The summed E-state index contributed by atoms with van der Waals surface area (Å²) >= 11 is 0. The van der Waals surface area contributed by atoms with Crippen molar-refractivity contribution in [1.29, 1.82) is 5.26 Å². The van der Waals surface area contributed by atoms with Gasteiger partial charge in [0, 0.05) is 31.7 Å². The zero-order chi connectivity index (χ0) is 17.1. The Labute approximate surface area is 138 Å². The number of hydrogen-bond acceptors (Lipinski definition) is 3. The van der Waals surface area contributed by atoms with Gasteiger partial charge in [-0.15, -0.1) is 0 Å². The summed E-state index contributed by atoms with van der Waals surface area (Å²) in [6, 6.07) is 11.7. The molecule has 1 amide bonds. The SMILES string of the molecule is N#Cc1ccc(N2CCN(C(=O)c3ccc(F)cc3)CC2)c(F)c1. The molecule has 0 aliphatic carbocycles. The van der Waals surface area contributed by atoms with Crippen LogP contribution >= 0.6 is 0 Å². The average molecular weight is 327 g/mol. The quantitative estimate of drug-likeness (QED) is 0.852. The molecule has 0 bridgehead atoms. The number of carbonyl (C=O) groups excluding carboxylic acids is 1. The van der Waals surface area contributed by atoms with Crippen molar-refractivity contribution in [3.63, 3.8) is 0 Å². The molecule has 1 saturated heterocycles. The molecule has 0 atom stereocenters. The highest BCUT2D eigenvalue weighted by Crippen LogP contribution is 2.22. The van der Waals surface area contributed by atoms with Crippen LogP contribution in [0.1, 0.15) is 15.9 Å². The van der Waals surface area contributed by atoms with Gasteiger partial charge in [0.2, 0.25) is 0 Å². The molecule has 0 spiro atoms. The molecule has 2 aromatic rings. The molecule has 0 aromatic heterocycles. The molecule has 1 aliphatic rings. The summed E-state index contributed by atoms with van der Waals surface area (Å²) < 4.78 is 27.0. The fraction of sp³-hybridized carbons (Fsp3) is 0.222. The van der Waals surface area contributed by atoms with Crippen molar-refractivity contribution in [2.45, 2.75) is 0 Å². The van der Waals surface area contributed by atoms with E-state index in [4.69, 9.17) is 5.26 Å². The second-order valence-corrected chi connectivity index (χ2v) is 5.56. The van der Waals surface area contributed by atoms with Gasteiger partial charge in [-0.3, -0.25) is 4.79 Å². The van der Waals surface area contributed by atoms with E-state index in [2.05, 4.69) is 0 Å². The molecule has 3 rings (SSSR count). The lowest BCUT2D eigenvalue weighted by molar-refractivity contribution is 0.0746. The smallest absolute Gasteiger partial charge is 0.253 e. The Morgan fingerprint density at radius 1 is 1.00 bits per heavy atom. The maximum atomic E-state index is 14.1. The van der Waals surface area contributed by atoms with Gasteiger partial charge >= 0.3 is 0 Å². The normalized spacial score (nSPS) is 14.4. The summed E-state index contributed by atoms with van der Waals surface area (Å²) in [6.45, 7) is 1.90. The first-order valence-corrected chi connectivity index (χ1v) is 7.58. The van der Waals surface area contributed by atoms with Gasteiger partial charge in [0.15, 0.2) is 0 Å². The molecule has 0 saturated carbocycles. The largest absolute Gasteiger partial charge is 0.366 e. The maximum Gasteiger partial charge on any atom is 0.253 e. The summed E-state index contributed by atoms with van der Waals surface area (Å²) in [6.07, 6.45) is 0. The number of piperazine rings is 1. The van der Waals surface area contributed by atoms with Gasteiger partial charge in [-0.1, -0.05) is 0 Å².